The molecule has 1 aliphatic rings. The van der Waals surface area contributed by atoms with Gasteiger partial charge in [-0.3, -0.25) is 5.32 Å². The lowest BCUT2D eigenvalue weighted by Crippen LogP contribution is -2.56. The van der Waals surface area contributed by atoms with Gasteiger partial charge in [0, 0.05) is 11.7 Å². The molecule has 0 saturated heterocycles. The average molecular weight is 293 g/mol. The molecule has 5 heteroatoms. The fraction of sp³-hybridized carbons (Fsp3) is 0.750. The molecule has 1 aromatic rings. The van der Waals surface area contributed by atoms with Crippen LogP contribution in [0.5, 0.6) is 0 Å². The summed E-state index contributed by atoms with van der Waals surface area (Å²) in [6.45, 7) is 8.57. The van der Waals surface area contributed by atoms with E-state index in [2.05, 4.69) is 14.9 Å². The molecule has 0 bridgehead atoms. The predicted octanol–water partition coefficient (Wildman–Crippen LogP) is 2.00. The van der Waals surface area contributed by atoms with E-state index >= 15 is 0 Å². The molecule has 0 saturated carbocycles. The monoisotopic (exact) mass is 293 g/mol. The van der Waals surface area contributed by atoms with Gasteiger partial charge in [-0.25, -0.2) is 9.78 Å². The Morgan fingerprint density at radius 2 is 2.10 bits per heavy atom. The largest absolute Gasteiger partial charge is 0.468 e. The van der Waals surface area contributed by atoms with Gasteiger partial charge in [-0.05, 0) is 53.4 Å². The molecule has 0 radical (unpaired) electrons. The maximum Gasteiger partial charge on any atom is 0.327 e. The van der Waals surface area contributed by atoms with Crippen LogP contribution in [-0.4, -0.2) is 34.2 Å². The maximum atomic E-state index is 12.3. The number of esters is 1. The summed E-state index contributed by atoms with van der Waals surface area (Å²) < 4.78 is 7.21. The van der Waals surface area contributed by atoms with Crippen LogP contribution in [0, 0.1) is 6.92 Å². The summed E-state index contributed by atoms with van der Waals surface area (Å²) in [5.74, 6) is 0.761. The Kier molecular flexibility index (Phi) is 4.71. The molecule has 1 atom stereocenters. The van der Waals surface area contributed by atoms with Crippen LogP contribution in [0.4, 0.5) is 0 Å². The van der Waals surface area contributed by atoms with Crippen LogP contribution in [-0.2, 0) is 28.9 Å². The van der Waals surface area contributed by atoms with Crippen molar-refractivity contribution in [3.05, 3.63) is 17.2 Å². The molecule has 5 nitrogen and oxygen atoms in total. The highest BCUT2D eigenvalue weighted by atomic mass is 16.5. The lowest BCUT2D eigenvalue weighted by molar-refractivity contribution is -0.148. The van der Waals surface area contributed by atoms with Gasteiger partial charge in [0.2, 0.25) is 0 Å². The van der Waals surface area contributed by atoms with Crippen molar-refractivity contribution in [1.82, 2.24) is 14.9 Å². The molecule has 21 heavy (non-hydrogen) atoms. The van der Waals surface area contributed by atoms with E-state index in [-0.39, 0.29) is 12.0 Å². The first-order valence-electron chi connectivity index (χ1n) is 7.78. The fourth-order valence-electron chi connectivity index (χ4n) is 3.29. The molecular formula is C16H27N3O2. The number of aromatic nitrogens is 2. The number of carbonyl (C=O) groups is 1. The number of imidazole rings is 1. The number of hydrogen-bond donors (Lipinski definition) is 1. The van der Waals surface area contributed by atoms with E-state index in [4.69, 9.17) is 4.74 Å². The summed E-state index contributed by atoms with van der Waals surface area (Å²) >= 11 is 0. The highest BCUT2D eigenvalue weighted by Gasteiger charge is 2.36. The molecular weight excluding hydrogens is 266 g/mol. The van der Waals surface area contributed by atoms with Gasteiger partial charge in [0.25, 0.3) is 0 Å². The van der Waals surface area contributed by atoms with Crippen molar-refractivity contribution in [1.29, 1.82) is 0 Å². The third kappa shape index (κ3) is 3.28. The van der Waals surface area contributed by atoms with E-state index in [0.29, 0.717) is 6.54 Å². The van der Waals surface area contributed by atoms with Crippen molar-refractivity contribution in [3.63, 3.8) is 0 Å². The highest BCUT2D eigenvalue weighted by molar-refractivity contribution is 5.80. The zero-order valence-electron chi connectivity index (χ0n) is 13.8. The minimum atomic E-state index is -0.737. The smallest absolute Gasteiger partial charge is 0.327 e. The van der Waals surface area contributed by atoms with Crippen LogP contribution in [0.2, 0.25) is 0 Å². The summed E-state index contributed by atoms with van der Waals surface area (Å²) in [5, 5.41) is 3.36. The Morgan fingerprint density at radius 3 is 2.71 bits per heavy atom. The molecule has 2 rings (SSSR count). The standard InChI is InChI=1S/C16H27N3O2/c1-11(2)18-16(4,15(20)21-5)10-19-12(3)17-13-8-6-7-9-14(13)19/h11,18H,6-10H2,1-5H3. The first kappa shape index (κ1) is 16.0. The van der Waals surface area contributed by atoms with Crippen LogP contribution < -0.4 is 5.32 Å². The molecule has 0 aliphatic heterocycles. The molecule has 1 aromatic heterocycles. The van der Waals surface area contributed by atoms with E-state index in [1.165, 1.54) is 31.3 Å². The van der Waals surface area contributed by atoms with Crippen molar-refractivity contribution >= 4 is 5.97 Å². The van der Waals surface area contributed by atoms with E-state index in [9.17, 15) is 4.79 Å². The zero-order chi connectivity index (χ0) is 15.6. The normalized spacial score (nSPS) is 17.4. The molecule has 0 aromatic carbocycles. The number of nitrogens with one attached hydrogen (secondary N) is 1. The fourth-order valence-corrected chi connectivity index (χ4v) is 3.29. The molecule has 0 spiro atoms. The van der Waals surface area contributed by atoms with Crippen LogP contribution in [0.15, 0.2) is 0 Å². The van der Waals surface area contributed by atoms with Crippen LogP contribution >= 0.6 is 0 Å². The SMILES string of the molecule is COC(=O)C(C)(Cn1c(C)nc2c1CCCC2)NC(C)C. The quantitative estimate of drug-likeness (QED) is 0.844. The number of nitrogens with zero attached hydrogens (tertiary/aromatic N) is 2. The number of hydrogen-bond acceptors (Lipinski definition) is 4. The van der Waals surface area contributed by atoms with Gasteiger partial charge in [-0.1, -0.05) is 0 Å². The number of fused-ring (bicyclic) bond motifs is 1. The van der Waals surface area contributed by atoms with E-state index in [0.717, 1.165) is 18.7 Å². The Hall–Kier alpha value is -1.36. The van der Waals surface area contributed by atoms with E-state index < -0.39 is 5.54 Å². The van der Waals surface area contributed by atoms with Gasteiger partial charge >= 0.3 is 5.97 Å². The van der Waals surface area contributed by atoms with Gasteiger partial charge in [0.15, 0.2) is 0 Å². The number of rotatable bonds is 5. The lowest BCUT2D eigenvalue weighted by atomic mass is 9.98. The van der Waals surface area contributed by atoms with E-state index in [1.54, 1.807) is 0 Å². The molecule has 118 valence electrons. The number of ether oxygens (including phenoxy) is 1. The van der Waals surface area contributed by atoms with Gasteiger partial charge in [0.05, 0.1) is 19.3 Å². The second-order valence-electron chi connectivity index (χ2n) is 6.47. The third-order valence-electron chi connectivity index (χ3n) is 4.14. The van der Waals surface area contributed by atoms with Crippen LogP contribution in [0.1, 0.15) is 50.8 Å². The Labute approximate surface area is 127 Å². The summed E-state index contributed by atoms with van der Waals surface area (Å²) in [4.78, 5) is 16.9. The highest BCUT2D eigenvalue weighted by Crippen LogP contribution is 2.24. The van der Waals surface area contributed by atoms with Crippen molar-refractivity contribution < 1.29 is 9.53 Å². The molecule has 0 amide bonds. The number of aryl methyl sites for hydroxylation is 2. The second kappa shape index (κ2) is 6.18. The number of methoxy groups -OCH3 is 1. The zero-order valence-corrected chi connectivity index (χ0v) is 13.8. The summed E-state index contributed by atoms with van der Waals surface area (Å²) in [7, 11) is 1.44. The molecule has 1 aliphatic carbocycles. The van der Waals surface area contributed by atoms with Crippen molar-refractivity contribution in [2.45, 2.75) is 71.5 Å². The molecule has 1 unspecified atom stereocenters. The molecule has 1 N–H and O–H groups in total. The van der Waals surface area contributed by atoms with Crippen LogP contribution in [0.3, 0.4) is 0 Å². The first-order valence-corrected chi connectivity index (χ1v) is 7.78. The van der Waals surface area contributed by atoms with Crippen molar-refractivity contribution in [2.24, 2.45) is 0 Å². The summed E-state index contributed by atoms with van der Waals surface area (Å²) in [6.07, 6.45) is 4.51. The Morgan fingerprint density at radius 1 is 1.43 bits per heavy atom. The van der Waals surface area contributed by atoms with Crippen molar-refractivity contribution in [2.75, 3.05) is 7.11 Å². The van der Waals surface area contributed by atoms with Crippen molar-refractivity contribution in [3.8, 4) is 0 Å². The predicted molar refractivity (Wildman–Crippen MR) is 82.3 cm³/mol. The van der Waals surface area contributed by atoms with Gasteiger partial charge in [0.1, 0.15) is 11.4 Å². The Bertz CT molecular complexity index is 522. The maximum absolute atomic E-state index is 12.3. The second-order valence-corrected chi connectivity index (χ2v) is 6.47. The minimum Gasteiger partial charge on any atom is -0.468 e. The lowest BCUT2D eigenvalue weighted by Gasteiger charge is -2.32. The van der Waals surface area contributed by atoms with Gasteiger partial charge in [-0.2, -0.15) is 0 Å². The third-order valence-corrected chi connectivity index (χ3v) is 4.14. The minimum absolute atomic E-state index is 0.203. The van der Waals surface area contributed by atoms with Gasteiger partial charge in [-0.15, -0.1) is 0 Å². The average Bonchev–Trinajstić information content (AvgIpc) is 2.73. The Balaban J connectivity index is 2.32. The summed E-state index contributed by atoms with van der Waals surface area (Å²) in [6, 6.07) is 0.203. The van der Waals surface area contributed by atoms with Crippen LogP contribution in [0.25, 0.3) is 0 Å². The van der Waals surface area contributed by atoms with Gasteiger partial charge < -0.3 is 9.30 Å². The summed E-state index contributed by atoms with van der Waals surface area (Å²) in [5.41, 5.74) is 1.76. The van der Waals surface area contributed by atoms with E-state index in [1.807, 2.05) is 27.7 Å². The molecule has 1 heterocycles. The number of carbonyl (C=O) groups excluding carboxylic acids is 1. The topological polar surface area (TPSA) is 56.2 Å². The first-order chi connectivity index (χ1) is 9.87. The molecule has 0 fully saturated rings.